The van der Waals surface area contributed by atoms with E-state index in [1.807, 2.05) is 35.0 Å². The fourth-order valence-corrected chi connectivity index (χ4v) is 4.39. The third-order valence-electron chi connectivity index (χ3n) is 5.93. The maximum Gasteiger partial charge on any atom is 0.233 e. The summed E-state index contributed by atoms with van der Waals surface area (Å²) in [6, 6.07) is 8.91. The second kappa shape index (κ2) is 8.87. The van der Waals surface area contributed by atoms with Crippen LogP contribution in [0, 0.1) is 0 Å². The van der Waals surface area contributed by atoms with E-state index in [0.717, 1.165) is 30.5 Å². The maximum absolute atomic E-state index is 5.82. The highest BCUT2D eigenvalue weighted by atomic mass is 16.5. The molecule has 2 fully saturated rings. The van der Waals surface area contributed by atoms with E-state index in [1.54, 1.807) is 0 Å². The Hall–Kier alpha value is -1.59. The molecular weight excluding hydrogens is 324 g/mol. The predicted octanol–water partition coefficient (Wildman–Crippen LogP) is 3.44. The molecule has 2 aliphatic rings. The molecular formula is C21H32N4O. The molecule has 5 heteroatoms. The van der Waals surface area contributed by atoms with E-state index in [9.17, 15) is 0 Å². The molecule has 2 aliphatic heterocycles. The monoisotopic (exact) mass is 356 g/mol. The van der Waals surface area contributed by atoms with E-state index in [-0.39, 0.29) is 0 Å². The molecule has 4 rings (SSSR count). The molecule has 2 aromatic rings. The number of aromatic nitrogens is 2. The fourth-order valence-electron chi connectivity index (χ4n) is 4.39. The lowest BCUT2D eigenvalue weighted by Gasteiger charge is -2.40. The number of ether oxygens (including phenoxy) is 1. The van der Waals surface area contributed by atoms with Crippen molar-refractivity contribution in [1.82, 2.24) is 19.4 Å². The van der Waals surface area contributed by atoms with Crippen molar-refractivity contribution >= 4 is 5.52 Å². The van der Waals surface area contributed by atoms with E-state index >= 15 is 0 Å². The molecule has 4 heterocycles. The van der Waals surface area contributed by atoms with E-state index in [0.29, 0.717) is 0 Å². The van der Waals surface area contributed by atoms with Gasteiger partial charge in [-0.1, -0.05) is 12.5 Å². The summed E-state index contributed by atoms with van der Waals surface area (Å²) in [6.45, 7) is 7.19. The molecule has 0 aliphatic carbocycles. The molecule has 5 nitrogen and oxygen atoms in total. The van der Waals surface area contributed by atoms with Crippen molar-refractivity contribution in [3.63, 3.8) is 0 Å². The average molecular weight is 357 g/mol. The summed E-state index contributed by atoms with van der Waals surface area (Å²) in [5.74, 6) is 0.735. The van der Waals surface area contributed by atoms with Gasteiger partial charge in [0.25, 0.3) is 0 Å². The van der Waals surface area contributed by atoms with Gasteiger partial charge < -0.3 is 14.5 Å². The minimum Gasteiger partial charge on any atom is -0.477 e. The van der Waals surface area contributed by atoms with Crippen LogP contribution in [0.1, 0.15) is 44.9 Å². The summed E-state index contributed by atoms with van der Waals surface area (Å²) >= 11 is 0. The number of fused-ring (bicyclic) bond motifs is 1. The van der Waals surface area contributed by atoms with Gasteiger partial charge in [-0.25, -0.2) is 4.52 Å². The Morgan fingerprint density at radius 3 is 2.65 bits per heavy atom. The van der Waals surface area contributed by atoms with Gasteiger partial charge in [-0.15, -0.1) is 5.10 Å². The lowest BCUT2D eigenvalue weighted by atomic mass is 10.00. The molecule has 26 heavy (non-hydrogen) atoms. The zero-order valence-corrected chi connectivity index (χ0v) is 15.9. The average Bonchev–Trinajstić information content (AvgIpc) is 3.12. The molecule has 2 aromatic heterocycles. The normalized spacial score (nSPS) is 20.6. The highest BCUT2D eigenvalue weighted by Crippen LogP contribution is 2.21. The maximum atomic E-state index is 5.82. The Morgan fingerprint density at radius 1 is 1.00 bits per heavy atom. The van der Waals surface area contributed by atoms with Crippen molar-refractivity contribution in [2.24, 2.45) is 0 Å². The number of hydrogen-bond donors (Lipinski definition) is 0. The van der Waals surface area contributed by atoms with Gasteiger partial charge in [-0.2, -0.15) is 0 Å². The largest absolute Gasteiger partial charge is 0.477 e. The topological polar surface area (TPSA) is 33.0 Å². The van der Waals surface area contributed by atoms with Crippen molar-refractivity contribution in [2.75, 3.05) is 39.3 Å². The first-order chi connectivity index (χ1) is 12.9. The summed E-state index contributed by atoms with van der Waals surface area (Å²) in [4.78, 5) is 5.40. The van der Waals surface area contributed by atoms with Gasteiger partial charge >= 0.3 is 0 Å². The zero-order valence-electron chi connectivity index (χ0n) is 15.9. The summed E-state index contributed by atoms with van der Waals surface area (Å²) in [6.07, 6.45) is 11.2. The van der Waals surface area contributed by atoms with Crippen LogP contribution in [-0.2, 0) is 0 Å². The van der Waals surface area contributed by atoms with E-state index in [4.69, 9.17) is 4.74 Å². The molecule has 0 atom stereocenters. The molecule has 0 saturated carbocycles. The van der Waals surface area contributed by atoms with Crippen molar-refractivity contribution in [3.8, 4) is 5.88 Å². The first-order valence-electron chi connectivity index (χ1n) is 10.4. The first-order valence-corrected chi connectivity index (χ1v) is 10.4. The van der Waals surface area contributed by atoms with E-state index < -0.39 is 0 Å². The van der Waals surface area contributed by atoms with Gasteiger partial charge in [0.05, 0.1) is 12.1 Å². The van der Waals surface area contributed by atoms with Crippen LogP contribution in [0.15, 0.2) is 30.5 Å². The van der Waals surface area contributed by atoms with Crippen LogP contribution in [0.2, 0.25) is 0 Å². The Balaban J connectivity index is 1.10. The second-order valence-electron chi connectivity index (χ2n) is 7.78. The first kappa shape index (κ1) is 17.8. The number of nitrogens with zero attached hydrogens (tertiary/aromatic N) is 4. The van der Waals surface area contributed by atoms with Crippen LogP contribution in [0.4, 0.5) is 0 Å². The number of likely N-dealkylation sites (tertiary alicyclic amines) is 2. The van der Waals surface area contributed by atoms with Crippen LogP contribution in [0.5, 0.6) is 5.88 Å². The smallest absolute Gasteiger partial charge is 0.233 e. The molecule has 0 aromatic carbocycles. The second-order valence-corrected chi connectivity index (χ2v) is 7.78. The van der Waals surface area contributed by atoms with Gasteiger partial charge in [0, 0.05) is 18.3 Å². The van der Waals surface area contributed by atoms with Crippen LogP contribution in [0.3, 0.4) is 0 Å². The lowest BCUT2D eigenvalue weighted by Crippen LogP contribution is -2.46. The van der Waals surface area contributed by atoms with Crippen molar-refractivity contribution in [1.29, 1.82) is 0 Å². The van der Waals surface area contributed by atoms with Crippen LogP contribution < -0.4 is 4.74 Å². The summed E-state index contributed by atoms with van der Waals surface area (Å²) in [7, 11) is 0. The number of unbranched alkanes of at least 4 members (excludes halogenated alkanes) is 1. The van der Waals surface area contributed by atoms with Crippen molar-refractivity contribution in [2.45, 2.75) is 51.0 Å². The molecule has 0 radical (unpaired) electrons. The predicted molar refractivity (Wildman–Crippen MR) is 105 cm³/mol. The summed E-state index contributed by atoms with van der Waals surface area (Å²) < 4.78 is 7.68. The van der Waals surface area contributed by atoms with Gasteiger partial charge in [0.15, 0.2) is 0 Å². The summed E-state index contributed by atoms with van der Waals surface area (Å²) in [5, 5.41) is 4.43. The third-order valence-corrected chi connectivity index (χ3v) is 5.93. The molecule has 0 bridgehead atoms. The summed E-state index contributed by atoms with van der Waals surface area (Å²) in [5.41, 5.74) is 1.08. The molecule has 0 spiro atoms. The Bertz CT molecular complexity index is 638. The number of piperidine rings is 2. The van der Waals surface area contributed by atoms with Gasteiger partial charge in [-0.3, -0.25) is 0 Å². The third kappa shape index (κ3) is 4.57. The standard InChI is InChI=1S/C21H32N4O/c1-3-12-24(13-4-1)19-9-15-23(16-10-19)11-6-7-17-26-21-18-20-8-2-5-14-25(20)22-21/h2,5,8,14,18-19H,1,3-4,6-7,9-13,15-17H2. The van der Waals surface area contributed by atoms with Gasteiger partial charge in [-0.05, 0) is 83.4 Å². The molecule has 0 unspecified atom stereocenters. The lowest BCUT2D eigenvalue weighted by molar-refractivity contribution is 0.0913. The fraction of sp³-hybridized carbons (Fsp3) is 0.667. The molecule has 0 N–H and O–H groups in total. The van der Waals surface area contributed by atoms with Gasteiger partial charge in [0.2, 0.25) is 5.88 Å². The van der Waals surface area contributed by atoms with E-state index in [1.165, 1.54) is 71.2 Å². The Labute approximate surface area is 156 Å². The molecule has 142 valence electrons. The Morgan fingerprint density at radius 2 is 1.85 bits per heavy atom. The van der Waals surface area contributed by atoms with Gasteiger partial charge in [0.1, 0.15) is 0 Å². The number of hydrogen-bond acceptors (Lipinski definition) is 4. The van der Waals surface area contributed by atoms with E-state index in [2.05, 4.69) is 14.9 Å². The highest BCUT2D eigenvalue weighted by Gasteiger charge is 2.25. The molecule has 2 saturated heterocycles. The zero-order chi connectivity index (χ0) is 17.6. The quantitative estimate of drug-likeness (QED) is 0.712. The Kier molecular flexibility index (Phi) is 6.07. The number of pyridine rings is 1. The molecule has 0 amide bonds. The van der Waals surface area contributed by atoms with Crippen molar-refractivity contribution in [3.05, 3.63) is 30.5 Å². The van der Waals surface area contributed by atoms with Crippen LogP contribution in [0.25, 0.3) is 5.52 Å². The minimum atomic E-state index is 0.735. The highest BCUT2D eigenvalue weighted by molar-refractivity contribution is 5.48. The van der Waals surface area contributed by atoms with Crippen LogP contribution in [-0.4, -0.2) is 64.8 Å². The van der Waals surface area contributed by atoms with Crippen molar-refractivity contribution < 1.29 is 4.74 Å². The number of rotatable bonds is 7. The minimum absolute atomic E-state index is 0.735. The SMILES string of the molecule is c1ccn2nc(OCCCCN3CCC(N4CCCCC4)CC3)cc2c1. The van der Waals surface area contributed by atoms with Crippen LogP contribution >= 0.6 is 0 Å².